The van der Waals surface area contributed by atoms with E-state index in [9.17, 15) is 21.6 Å². The van der Waals surface area contributed by atoms with Crippen LogP contribution in [0.3, 0.4) is 0 Å². The summed E-state index contributed by atoms with van der Waals surface area (Å²) < 4.78 is 64.3. The summed E-state index contributed by atoms with van der Waals surface area (Å²) in [6.07, 6.45) is 2.32. The Balaban J connectivity index is 2.18. The van der Waals surface area contributed by atoms with Crippen LogP contribution in [0.4, 0.5) is 13.2 Å². The third kappa shape index (κ3) is 4.10. The van der Waals surface area contributed by atoms with Crippen molar-refractivity contribution < 1.29 is 25.8 Å². The van der Waals surface area contributed by atoms with Crippen LogP contribution in [0.2, 0.25) is 0 Å². The van der Waals surface area contributed by atoms with Crippen molar-refractivity contribution in [3.05, 3.63) is 35.9 Å². The second-order valence-corrected chi connectivity index (χ2v) is 8.00. The number of alkyl halides is 3. The Hall–Kier alpha value is -1.12. The van der Waals surface area contributed by atoms with Crippen molar-refractivity contribution in [1.82, 2.24) is 4.90 Å². The Morgan fingerprint density at radius 1 is 1.25 bits per heavy atom. The van der Waals surface area contributed by atoms with Gasteiger partial charge in [0.25, 0.3) is 0 Å². The molecule has 2 rings (SSSR count). The number of nitrogens with zero attached hydrogens (tertiary/aromatic N) is 1. The van der Waals surface area contributed by atoms with Gasteiger partial charge in [0.15, 0.2) is 0 Å². The van der Waals surface area contributed by atoms with Crippen LogP contribution in [-0.4, -0.2) is 37.5 Å². The summed E-state index contributed by atoms with van der Waals surface area (Å²) in [5.41, 5.74) is -5.14. The molecule has 1 unspecified atom stereocenters. The van der Waals surface area contributed by atoms with E-state index in [-0.39, 0.29) is 6.04 Å². The van der Waals surface area contributed by atoms with Crippen LogP contribution < -0.4 is 0 Å². The molecular formula is C16H22F3NO3S. The van der Waals surface area contributed by atoms with Gasteiger partial charge in [-0.15, -0.1) is 0 Å². The number of hydrogen-bond acceptors (Lipinski definition) is 4. The van der Waals surface area contributed by atoms with Gasteiger partial charge in [-0.25, -0.2) is 0 Å². The lowest BCUT2D eigenvalue weighted by Gasteiger charge is -2.47. The molecule has 1 aliphatic heterocycles. The summed E-state index contributed by atoms with van der Waals surface area (Å²) in [5, 5.41) is 0. The average Bonchev–Trinajstić information content (AvgIpc) is 2.53. The van der Waals surface area contributed by atoms with Gasteiger partial charge in [-0.2, -0.15) is 21.6 Å². The van der Waals surface area contributed by atoms with E-state index >= 15 is 0 Å². The van der Waals surface area contributed by atoms with Gasteiger partial charge in [0, 0.05) is 11.6 Å². The predicted molar refractivity (Wildman–Crippen MR) is 84.7 cm³/mol. The molecule has 136 valence electrons. The normalized spacial score (nSPS) is 24.7. The molecule has 0 spiro atoms. The Morgan fingerprint density at radius 2 is 1.88 bits per heavy atom. The molecule has 1 aromatic rings. The number of hydrogen-bond donors (Lipinski definition) is 0. The van der Waals surface area contributed by atoms with Crippen molar-refractivity contribution in [3.63, 3.8) is 0 Å². The minimum atomic E-state index is -5.58. The fourth-order valence-electron chi connectivity index (χ4n) is 3.20. The van der Waals surface area contributed by atoms with E-state index in [0.29, 0.717) is 13.0 Å². The Bertz CT molecular complexity index is 648. The number of likely N-dealkylation sites (tertiary alicyclic amines) is 1. The zero-order valence-corrected chi connectivity index (χ0v) is 14.5. The highest BCUT2D eigenvalue weighted by atomic mass is 32.2. The highest BCUT2D eigenvalue weighted by molar-refractivity contribution is 7.87. The molecule has 24 heavy (non-hydrogen) atoms. The molecule has 1 aliphatic rings. The van der Waals surface area contributed by atoms with E-state index in [4.69, 9.17) is 0 Å². The number of benzene rings is 1. The molecule has 0 saturated carbocycles. The second kappa shape index (κ2) is 7.01. The minimum Gasteiger partial charge on any atom is -0.289 e. The summed E-state index contributed by atoms with van der Waals surface area (Å²) in [7, 11) is -5.58. The quantitative estimate of drug-likeness (QED) is 0.587. The summed E-state index contributed by atoms with van der Waals surface area (Å²) >= 11 is 0. The highest BCUT2D eigenvalue weighted by Crippen LogP contribution is 2.37. The van der Waals surface area contributed by atoms with Crippen LogP contribution in [0, 0.1) is 0 Å². The van der Waals surface area contributed by atoms with Gasteiger partial charge < -0.3 is 0 Å². The zero-order valence-electron chi connectivity index (χ0n) is 13.7. The average molecular weight is 365 g/mol. The van der Waals surface area contributed by atoms with Gasteiger partial charge in [0.1, 0.15) is 0 Å². The van der Waals surface area contributed by atoms with Crippen molar-refractivity contribution in [2.75, 3.05) is 13.2 Å². The van der Waals surface area contributed by atoms with Gasteiger partial charge >= 0.3 is 15.6 Å². The Morgan fingerprint density at radius 3 is 2.46 bits per heavy atom. The van der Waals surface area contributed by atoms with Crippen LogP contribution in [0.15, 0.2) is 30.3 Å². The van der Waals surface area contributed by atoms with Crippen molar-refractivity contribution in [2.45, 2.75) is 50.2 Å². The zero-order chi connectivity index (χ0) is 18.0. The van der Waals surface area contributed by atoms with E-state index in [1.54, 1.807) is 6.92 Å². The molecule has 1 heterocycles. The predicted octanol–water partition coefficient (Wildman–Crippen LogP) is 3.86. The van der Waals surface area contributed by atoms with E-state index < -0.39 is 27.8 Å². The summed E-state index contributed by atoms with van der Waals surface area (Å²) in [4.78, 5) is 2.04. The van der Waals surface area contributed by atoms with Gasteiger partial charge in [-0.1, -0.05) is 36.8 Å². The van der Waals surface area contributed by atoms with Crippen LogP contribution in [0.25, 0.3) is 0 Å². The fourth-order valence-corrected chi connectivity index (χ4v) is 3.74. The highest BCUT2D eigenvalue weighted by Gasteiger charge is 2.49. The number of rotatable bonds is 5. The Labute approximate surface area is 140 Å². The molecule has 0 radical (unpaired) electrons. The summed E-state index contributed by atoms with van der Waals surface area (Å²) in [5.74, 6) is 0. The lowest BCUT2D eigenvalue weighted by Crippen LogP contribution is -2.54. The molecule has 1 aromatic carbocycles. The van der Waals surface area contributed by atoms with Gasteiger partial charge in [0.05, 0.1) is 6.61 Å². The van der Waals surface area contributed by atoms with E-state index in [1.165, 1.54) is 0 Å². The largest absolute Gasteiger partial charge is 0.523 e. The molecule has 4 nitrogen and oxygen atoms in total. The smallest absolute Gasteiger partial charge is 0.289 e. The fraction of sp³-hybridized carbons (Fsp3) is 0.625. The molecule has 8 heteroatoms. The van der Waals surface area contributed by atoms with Crippen molar-refractivity contribution in [1.29, 1.82) is 0 Å². The third-order valence-corrected chi connectivity index (χ3v) is 5.61. The van der Waals surface area contributed by atoms with Crippen LogP contribution in [0.1, 0.15) is 44.7 Å². The molecule has 0 aliphatic carbocycles. The van der Waals surface area contributed by atoms with Crippen LogP contribution >= 0.6 is 0 Å². The Kier molecular flexibility index (Phi) is 5.61. The van der Waals surface area contributed by atoms with Gasteiger partial charge in [-0.05, 0) is 38.8 Å². The standard InChI is InChI=1S/C16H22F3NO3S/c1-13(14-8-4-3-5-9-14)20-11-7-6-10-15(20,2)12-23-24(21,22)16(17,18)19/h3-5,8-9,13H,6-7,10-12H2,1-2H3/t13?,15-/m1/s1. The maximum absolute atomic E-state index is 12.5. The summed E-state index contributed by atoms with van der Waals surface area (Å²) in [6, 6.07) is 9.55. The third-order valence-electron chi connectivity index (χ3n) is 4.62. The second-order valence-electron chi connectivity index (χ2n) is 6.40. The minimum absolute atomic E-state index is 0.0475. The first-order valence-electron chi connectivity index (χ1n) is 7.84. The lowest BCUT2D eigenvalue weighted by molar-refractivity contribution is -0.0620. The SMILES string of the molecule is CC(c1ccccc1)N1CCCC[C@]1(C)COS(=O)(=O)C(F)(F)F. The molecule has 0 aromatic heterocycles. The van der Waals surface area contributed by atoms with Crippen LogP contribution in [-0.2, 0) is 14.3 Å². The van der Waals surface area contributed by atoms with Crippen LogP contribution in [0.5, 0.6) is 0 Å². The first-order valence-corrected chi connectivity index (χ1v) is 9.25. The maximum Gasteiger partial charge on any atom is 0.523 e. The topological polar surface area (TPSA) is 46.6 Å². The number of halogens is 3. The molecule has 2 atom stereocenters. The molecule has 1 fully saturated rings. The number of piperidine rings is 1. The summed E-state index contributed by atoms with van der Waals surface area (Å²) in [6.45, 7) is 3.91. The van der Waals surface area contributed by atoms with Crippen molar-refractivity contribution >= 4 is 10.1 Å². The van der Waals surface area contributed by atoms with E-state index in [2.05, 4.69) is 4.18 Å². The molecule has 0 amide bonds. The first kappa shape index (κ1) is 19.2. The van der Waals surface area contributed by atoms with Gasteiger partial charge in [-0.3, -0.25) is 9.08 Å². The molecule has 0 bridgehead atoms. The molecule has 0 N–H and O–H groups in total. The van der Waals surface area contributed by atoms with Crippen molar-refractivity contribution in [2.24, 2.45) is 0 Å². The lowest BCUT2D eigenvalue weighted by atomic mass is 9.86. The monoisotopic (exact) mass is 365 g/mol. The molecular weight excluding hydrogens is 343 g/mol. The van der Waals surface area contributed by atoms with Gasteiger partial charge in [0.2, 0.25) is 0 Å². The van der Waals surface area contributed by atoms with E-state index in [0.717, 1.165) is 18.4 Å². The first-order chi connectivity index (χ1) is 11.1. The van der Waals surface area contributed by atoms with E-state index in [1.807, 2.05) is 42.2 Å². The molecule has 1 saturated heterocycles. The maximum atomic E-state index is 12.5. The van der Waals surface area contributed by atoms with Crippen molar-refractivity contribution in [3.8, 4) is 0 Å².